The Labute approximate surface area is 84.1 Å². The molecule has 0 radical (unpaired) electrons. The van der Waals surface area contributed by atoms with Gasteiger partial charge in [-0.2, -0.15) is 5.10 Å². The van der Waals surface area contributed by atoms with Crippen LogP contribution in [0.2, 0.25) is 0 Å². The first-order valence-corrected chi connectivity index (χ1v) is 5.12. The van der Waals surface area contributed by atoms with Crippen molar-refractivity contribution in [3.05, 3.63) is 17.8 Å². The van der Waals surface area contributed by atoms with Crippen LogP contribution < -0.4 is 10.6 Å². The summed E-state index contributed by atoms with van der Waals surface area (Å²) in [6.45, 7) is 4.13. The maximum absolute atomic E-state index is 4.09. The van der Waals surface area contributed by atoms with Crippen molar-refractivity contribution in [3.8, 4) is 0 Å². The molecule has 4 heteroatoms. The number of rotatable bonds is 2. The summed E-state index contributed by atoms with van der Waals surface area (Å²) in [7, 11) is 0. The number of anilines is 1. The SMILES string of the molecule is Cc1ccc(NC2CCNCC2)nn1. The summed E-state index contributed by atoms with van der Waals surface area (Å²) in [5.74, 6) is 0.891. The van der Waals surface area contributed by atoms with Gasteiger partial charge >= 0.3 is 0 Å². The molecule has 1 aromatic heterocycles. The predicted molar refractivity (Wildman–Crippen MR) is 56.3 cm³/mol. The molecule has 1 aliphatic heterocycles. The monoisotopic (exact) mass is 192 g/mol. The summed E-state index contributed by atoms with van der Waals surface area (Å²) in [6, 6.07) is 4.52. The van der Waals surface area contributed by atoms with Gasteiger partial charge in [-0.25, -0.2) is 0 Å². The zero-order chi connectivity index (χ0) is 9.80. The van der Waals surface area contributed by atoms with Gasteiger partial charge in [0.15, 0.2) is 0 Å². The van der Waals surface area contributed by atoms with Crippen LogP contribution in [0.3, 0.4) is 0 Å². The van der Waals surface area contributed by atoms with Crippen molar-refractivity contribution in [1.29, 1.82) is 0 Å². The van der Waals surface area contributed by atoms with Crippen LogP contribution >= 0.6 is 0 Å². The number of piperidine rings is 1. The highest BCUT2D eigenvalue weighted by Crippen LogP contribution is 2.09. The smallest absolute Gasteiger partial charge is 0.148 e. The Balaban J connectivity index is 1.92. The number of nitrogens with zero attached hydrogens (tertiary/aromatic N) is 2. The topological polar surface area (TPSA) is 49.8 Å². The highest BCUT2D eigenvalue weighted by molar-refractivity contribution is 5.34. The van der Waals surface area contributed by atoms with Gasteiger partial charge in [-0.1, -0.05) is 0 Å². The van der Waals surface area contributed by atoms with Gasteiger partial charge < -0.3 is 10.6 Å². The molecule has 1 saturated heterocycles. The van der Waals surface area contributed by atoms with Crippen molar-refractivity contribution in [2.24, 2.45) is 0 Å². The van der Waals surface area contributed by atoms with E-state index >= 15 is 0 Å². The van der Waals surface area contributed by atoms with Crippen LogP contribution in [0, 0.1) is 6.92 Å². The molecule has 2 rings (SSSR count). The van der Waals surface area contributed by atoms with Gasteiger partial charge in [-0.15, -0.1) is 5.10 Å². The van der Waals surface area contributed by atoms with E-state index in [4.69, 9.17) is 0 Å². The molecular weight excluding hydrogens is 176 g/mol. The normalized spacial score (nSPS) is 18.1. The first kappa shape index (κ1) is 9.40. The van der Waals surface area contributed by atoms with E-state index in [0.717, 1.165) is 37.4 Å². The number of hydrogen-bond donors (Lipinski definition) is 2. The molecule has 2 N–H and O–H groups in total. The summed E-state index contributed by atoms with van der Waals surface area (Å²) in [4.78, 5) is 0. The minimum atomic E-state index is 0.549. The molecular formula is C10H16N4. The summed E-state index contributed by atoms with van der Waals surface area (Å²) in [5.41, 5.74) is 0.959. The Kier molecular flexibility index (Phi) is 2.93. The number of aryl methyl sites for hydroxylation is 1. The lowest BCUT2D eigenvalue weighted by atomic mass is 10.1. The van der Waals surface area contributed by atoms with Crippen LogP contribution in [0.5, 0.6) is 0 Å². The van der Waals surface area contributed by atoms with Gasteiger partial charge in [0.1, 0.15) is 5.82 Å². The molecule has 0 bridgehead atoms. The van der Waals surface area contributed by atoms with Gasteiger partial charge in [-0.3, -0.25) is 0 Å². The second-order valence-electron chi connectivity index (χ2n) is 3.73. The van der Waals surface area contributed by atoms with Gasteiger partial charge in [0.25, 0.3) is 0 Å². The van der Waals surface area contributed by atoms with E-state index in [2.05, 4.69) is 20.8 Å². The minimum absolute atomic E-state index is 0.549. The molecule has 76 valence electrons. The highest BCUT2D eigenvalue weighted by Gasteiger charge is 2.12. The van der Waals surface area contributed by atoms with E-state index < -0.39 is 0 Å². The minimum Gasteiger partial charge on any atom is -0.366 e. The zero-order valence-corrected chi connectivity index (χ0v) is 8.45. The van der Waals surface area contributed by atoms with E-state index in [1.54, 1.807) is 0 Å². The van der Waals surface area contributed by atoms with Crippen LogP contribution in [0.1, 0.15) is 18.5 Å². The summed E-state index contributed by atoms with van der Waals surface area (Å²) >= 11 is 0. The standard InChI is InChI=1S/C10H16N4/c1-8-2-3-10(14-13-8)12-9-4-6-11-7-5-9/h2-3,9,11H,4-7H2,1H3,(H,12,14). The fraction of sp³-hybridized carbons (Fsp3) is 0.600. The second-order valence-corrected chi connectivity index (χ2v) is 3.73. The largest absolute Gasteiger partial charge is 0.366 e. The Morgan fingerprint density at radius 1 is 1.29 bits per heavy atom. The third kappa shape index (κ3) is 2.42. The quantitative estimate of drug-likeness (QED) is 0.732. The summed E-state index contributed by atoms with van der Waals surface area (Å²) < 4.78 is 0. The molecule has 0 amide bonds. The van der Waals surface area contributed by atoms with Crippen LogP contribution in [-0.4, -0.2) is 29.3 Å². The lowest BCUT2D eigenvalue weighted by Crippen LogP contribution is -2.35. The molecule has 1 aromatic rings. The van der Waals surface area contributed by atoms with E-state index in [1.165, 1.54) is 0 Å². The lowest BCUT2D eigenvalue weighted by molar-refractivity contribution is 0.478. The van der Waals surface area contributed by atoms with Crippen molar-refractivity contribution in [2.45, 2.75) is 25.8 Å². The van der Waals surface area contributed by atoms with Gasteiger partial charge in [0.05, 0.1) is 5.69 Å². The summed E-state index contributed by atoms with van der Waals surface area (Å²) in [5, 5.41) is 14.8. The van der Waals surface area contributed by atoms with E-state index in [1.807, 2.05) is 19.1 Å². The molecule has 0 spiro atoms. The molecule has 0 atom stereocenters. The fourth-order valence-electron chi connectivity index (χ4n) is 1.65. The van der Waals surface area contributed by atoms with Gasteiger partial charge in [-0.05, 0) is 45.0 Å². The van der Waals surface area contributed by atoms with Crippen LogP contribution in [0.15, 0.2) is 12.1 Å². The van der Waals surface area contributed by atoms with Crippen molar-refractivity contribution in [2.75, 3.05) is 18.4 Å². The van der Waals surface area contributed by atoms with Gasteiger partial charge in [0, 0.05) is 6.04 Å². The van der Waals surface area contributed by atoms with Crippen molar-refractivity contribution < 1.29 is 0 Å². The first-order valence-electron chi connectivity index (χ1n) is 5.12. The third-order valence-corrected chi connectivity index (χ3v) is 2.49. The fourth-order valence-corrected chi connectivity index (χ4v) is 1.65. The molecule has 4 nitrogen and oxygen atoms in total. The Morgan fingerprint density at radius 2 is 2.07 bits per heavy atom. The zero-order valence-electron chi connectivity index (χ0n) is 8.45. The van der Waals surface area contributed by atoms with Gasteiger partial charge in [0.2, 0.25) is 0 Å². The number of aromatic nitrogens is 2. The van der Waals surface area contributed by atoms with Crippen LogP contribution in [-0.2, 0) is 0 Å². The van der Waals surface area contributed by atoms with E-state index in [9.17, 15) is 0 Å². The predicted octanol–water partition coefficient (Wildman–Crippen LogP) is 0.949. The number of hydrogen-bond acceptors (Lipinski definition) is 4. The second kappa shape index (κ2) is 4.37. The number of nitrogens with one attached hydrogen (secondary N) is 2. The van der Waals surface area contributed by atoms with Crippen molar-refractivity contribution >= 4 is 5.82 Å². The van der Waals surface area contributed by atoms with Crippen LogP contribution in [0.25, 0.3) is 0 Å². The average molecular weight is 192 g/mol. The Bertz CT molecular complexity index is 277. The molecule has 14 heavy (non-hydrogen) atoms. The molecule has 0 unspecified atom stereocenters. The lowest BCUT2D eigenvalue weighted by Gasteiger charge is -2.23. The molecule has 0 aromatic carbocycles. The molecule has 2 heterocycles. The molecule has 1 fully saturated rings. The highest BCUT2D eigenvalue weighted by atomic mass is 15.2. The average Bonchev–Trinajstić information content (AvgIpc) is 2.23. The Hall–Kier alpha value is -1.16. The van der Waals surface area contributed by atoms with Crippen molar-refractivity contribution in [1.82, 2.24) is 15.5 Å². The maximum Gasteiger partial charge on any atom is 0.148 e. The summed E-state index contributed by atoms with van der Waals surface area (Å²) in [6.07, 6.45) is 2.32. The molecule has 0 aliphatic carbocycles. The Morgan fingerprint density at radius 3 is 2.71 bits per heavy atom. The van der Waals surface area contributed by atoms with E-state index in [0.29, 0.717) is 6.04 Å². The third-order valence-electron chi connectivity index (χ3n) is 2.49. The van der Waals surface area contributed by atoms with Crippen LogP contribution in [0.4, 0.5) is 5.82 Å². The molecule has 0 saturated carbocycles. The first-order chi connectivity index (χ1) is 6.84. The maximum atomic E-state index is 4.09. The van der Waals surface area contributed by atoms with Crippen molar-refractivity contribution in [3.63, 3.8) is 0 Å². The molecule has 1 aliphatic rings. The van der Waals surface area contributed by atoms with E-state index in [-0.39, 0.29) is 0 Å².